The average molecular weight is 273 g/mol. The first-order chi connectivity index (χ1) is 6.22. The molecule has 0 bridgehead atoms. The summed E-state index contributed by atoms with van der Waals surface area (Å²) in [5.74, 6) is 0. The fourth-order valence-electron chi connectivity index (χ4n) is 1.31. The van der Waals surface area contributed by atoms with E-state index in [9.17, 15) is 0 Å². The van der Waals surface area contributed by atoms with Crippen molar-refractivity contribution in [3.05, 3.63) is 28.6 Å². The molecule has 0 saturated heterocycles. The Morgan fingerprint density at radius 1 is 1.46 bits per heavy atom. The smallest absolute Gasteiger partial charge is 0.0481 e. The maximum atomic E-state index is 4.51. The van der Waals surface area contributed by atoms with Crippen LogP contribution in [0.25, 0.3) is 10.1 Å². The molecule has 0 amide bonds. The lowest BCUT2D eigenvalue weighted by atomic mass is 10.2. The highest BCUT2D eigenvalue weighted by Gasteiger charge is 2.05. The van der Waals surface area contributed by atoms with E-state index in [4.69, 9.17) is 0 Å². The number of thiophene rings is 1. The molecule has 2 aromatic rings. The monoisotopic (exact) mass is 272 g/mol. The lowest BCUT2D eigenvalue weighted by Crippen LogP contribution is -1.73. The van der Waals surface area contributed by atoms with Gasteiger partial charge in [-0.3, -0.25) is 0 Å². The number of hydrogen-bond acceptors (Lipinski definition) is 2. The van der Waals surface area contributed by atoms with Crippen LogP contribution in [0.5, 0.6) is 0 Å². The number of thiol groups is 1. The van der Waals surface area contributed by atoms with Crippen LogP contribution < -0.4 is 0 Å². The second-order valence-corrected chi connectivity index (χ2v) is 5.14. The lowest BCUT2D eigenvalue weighted by Gasteiger charge is -1.98. The third-order valence-corrected chi connectivity index (χ3v) is 4.92. The Balaban J connectivity index is 2.76. The second-order valence-electron chi connectivity index (χ2n) is 3.00. The van der Waals surface area contributed by atoms with Gasteiger partial charge in [0, 0.05) is 19.8 Å². The van der Waals surface area contributed by atoms with Crippen molar-refractivity contribution in [2.75, 3.05) is 0 Å². The van der Waals surface area contributed by atoms with Crippen LogP contribution >= 0.6 is 39.9 Å². The standard InChI is InChI=1S/C10H9BrS2/c1-6-2-3-7-4-8(5-11)13-10(7)9(6)12/h2-4,12H,5H2,1H3. The summed E-state index contributed by atoms with van der Waals surface area (Å²) in [7, 11) is 0. The van der Waals surface area contributed by atoms with Crippen LogP contribution in [0.2, 0.25) is 0 Å². The number of hydrogen-bond donors (Lipinski definition) is 1. The zero-order valence-corrected chi connectivity index (χ0v) is 10.5. The van der Waals surface area contributed by atoms with Crippen LogP contribution in [0.4, 0.5) is 0 Å². The van der Waals surface area contributed by atoms with Gasteiger partial charge in [0.15, 0.2) is 0 Å². The van der Waals surface area contributed by atoms with E-state index >= 15 is 0 Å². The fourth-order valence-corrected chi connectivity index (χ4v) is 3.16. The van der Waals surface area contributed by atoms with Crippen LogP contribution in [0.3, 0.4) is 0 Å². The van der Waals surface area contributed by atoms with Gasteiger partial charge in [0.25, 0.3) is 0 Å². The first-order valence-corrected chi connectivity index (χ1v) is 6.38. The van der Waals surface area contributed by atoms with Crippen molar-refractivity contribution in [3.8, 4) is 0 Å². The van der Waals surface area contributed by atoms with Gasteiger partial charge >= 0.3 is 0 Å². The van der Waals surface area contributed by atoms with Gasteiger partial charge in [0.2, 0.25) is 0 Å². The third-order valence-electron chi connectivity index (χ3n) is 2.05. The predicted octanol–water partition coefficient (Wildman–Crippen LogP) is 4.39. The zero-order chi connectivity index (χ0) is 9.42. The van der Waals surface area contributed by atoms with E-state index in [1.807, 2.05) is 11.3 Å². The molecule has 0 atom stereocenters. The molecule has 0 nitrogen and oxygen atoms in total. The van der Waals surface area contributed by atoms with E-state index in [0.717, 1.165) is 10.2 Å². The summed E-state index contributed by atoms with van der Waals surface area (Å²) in [4.78, 5) is 2.48. The number of fused-ring (bicyclic) bond motifs is 1. The minimum absolute atomic E-state index is 0.929. The molecule has 1 aromatic carbocycles. The molecule has 1 heterocycles. The first kappa shape index (κ1) is 9.56. The summed E-state index contributed by atoms with van der Waals surface area (Å²) >= 11 is 9.79. The van der Waals surface area contributed by atoms with Gasteiger partial charge in [-0.15, -0.1) is 24.0 Å². The zero-order valence-electron chi connectivity index (χ0n) is 7.17. The molecule has 68 valence electrons. The Morgan fingerprint density at radius 2 is 2.23 bits per heavy atom. The topological polar surface area (TPSA) is 0 Å². The highest BCUT2D eigenvalue weighted by molar-refractivity contribution is 9.08. The third kappa shape index (κ3) is 1.65. The molecule has 0 radical (unpaired) electrons. The molecule has 0 unspecified atom stereocenters. The summed E-state index contributed by atoms with van der Waals surface area (Å²) in [6.45, 7) is 2.09. The SMILES string of the molecule is Cc1ccc2cc(CBr)sc2c1S. The van der Waals surface area contributed by atoms with E-state index in [-0.39, 0.29) is 0 Å². The predicted molar refractivity (Wildman–Crippen MR) is 66.4 cm³/mol. The molecule has 0 N–H and O–H groups in total. The van der Waals surface area contributed by atoms with E-state index in [1.54, 1.807) is 0 Å². The summed E-state index contributed by atoms with van der Waals surface area (Å²) in [6.07, 6.45) is 0. The van der Waals surface area contributed by atoms with Gasteiger partial charge in [-0.25, -0.2) is 0 Å². The minimum atomic E-state index is 0.929. The highest BCUT2D eigenvalue weighted by Crippen LogP contribution is 2.33. The molecule has 2 rings (SSSR count). The number of benzene rings is 1. The lowest BCUT2D eigenvalue weighted by molar-refractivity contribution is 1.37. The van der Waals surface area contributed by atoms with E-state index in [1.165, 1.54) is 20.5 Å². The summed E-state index contributed by atoms with van der Waals surface area (Å²) in [6, 6.07) is 6.50. The Kier molecular flexibility index (Phi) is 2.67. The van der Waals surface area contributed by atoms with Crippen molar-refractivity contribution < 1.29 is 0 Å². The van der Waals surface area contributed by atoms with Crippen LogP contribution in [-0.4, -0.2) is 0 Å². The van der Waals surface area contributed by atoms with Gasteiger partial charge < -0.3 is 0 Å². The number of halogens is 1. The second kappa shape index (κ2) is 3.64. The number of rotatable bonds is 1. The molecular formula is C10H9BrS2. The van der Waals surface area contributed by atoms with Gasteiger partial charge in [-0.1, -0.05) is 28.1 Å². The van der Waals surface area contributed by atoms with Crippen molar-refractivity contribution >= 4 is 50.0 Å². The van der Waals surface area contributed by atoms with Gasteiger partial charge in [-0.2, -0.15) is 0 Å². The molecule has 0 spiro atoms. The number of aryl methyl sites for hydroxylation is 1. The van der Waals surface area contributed by atoms with E-state index in [2.05, 4.69) is 53.7 Å². The normalized spacial score (nSPS) is 11.0. The molecule has 0 saturated carbocycles. The van der Waals surface area contributed by atoms with Crippen LogP contribution in [0.1, 0.15) is 10.4 Å². The van der Waals surface area contributed by atoms with Crippen molar-refractivity contribution in [2.24, 2.45) is 0 Å². The molecule has 13 heavy (non-hydrogen) atoms. The van der Waals surface area contributed by atoms with E-state index in [0.29, 0.717) is 0 Å². The summed E-state index contributed by atoms with van der Waals surface area (Å²) in [5, 5.41) is 2.23. The molecule has 0 fully saturated rings. The Labute approximate surface area is 95.5 Å². The van der Waals surface area contributed by atoms with Crippen LogP contribution in [-0.2, 0) is 5.33 Å². The van der Waals surface area contributed by atoms with Gasteiger partial charge in [0.05, 0.1) is 0 Å². The first-order valence-electron chi connectivity index (χ1n) is 3.99. The Bertz CT molecular complexity index is 445. The number of alkyl halides is 1. The Morgan fingerprint density at radius 3 is 2.92 bits per heavy atom. The maximum absolute atomic E-state index is 4.51. The largest absolute Gasteiger partial charge is 0.142 e. The molecule has 0 aliphatic heterocycles. The van der Waals surface area contributed by atoms with E-state index < -0.39 is 0 Å². The van der Waals surface area contributed by atoms with Crippen molar-refractivity contribution in [3.63, 3.8) is 0 Å². The van der Waals surface area contributed by atoms with Crippen LogP contribution in [0, 0.1) is 6.92 Å². The molecule has 0 aliphatic rings. The summed E-state index contributed by atoms with van der Waals surface area (Å²) < 4.78 is 1.30. The molecule has 0 aliphatic carbocycles. The minimum Gasteiger partial charge on any atom is -0.142 e. The van der Waals surface area contributed by atoms with Gasteiger partial charge in [-0.05, 0) is 23.9 Å². The van der Waals surface area contributed by atoms with Crippen molar-refractivity contribution in [1.82, 2.24) is 0 Å². The quantitative estimate of drug-likeness (QED) is 0.578. The van der Waals surface area contributed by atoms with Crippen molar-refractivity contribution in [1.29, 1.82) is 0 Å². The average Bonchev–Trinajstić information content (AvgIpc) is 2.55. The fraction of sp³-hybridized carbons (Fsp3) is 0.200. The van der Waals surface area contributed by atoms with Crippen molar-refractivity contribution in [2.45, 2.75) is 17.1 Å². The molecule has 3 heteroatoms. The maximum Gasteiger partial charge on any atom is 0.0481 e. The van der Waals surface area contributed by atoms with Crippen LogP contribution in [0.15, 0.2) is 23.1 Å². The molecular weight excluding hydrogens is 264 g/mol. The summed E-state index contributed by atoms with van der Waals surface area (Å²) in [5.41, 5.74) is 1.25. The Hall–Kier alpha value is 0.01000. The van der Waals surface area contributed by atoms with Gasteiger partial charge in [0.1, 0.15) is 0 Å². The molecule has 1 aromatic heterocycles. The highest BCUT2D eigenvalue weighted by atomic mass is 79.9.